The fraction of sp³-hybridized carbons (Fsp3) is 0.529. The van der Waals surface area contributed by atoms with Gasteiger partial charge in [-0.25, -0.2) is 9.59 Å². The number of morpholine rings is 1. The van der Waals surface area contributed by atoms with Crippen molar-refractivity contribution in [1.82, 2.24) is 19.7 Å². The zero-order chi connectivity index (χ0) is 18.5. The molecule has 0 N–H and O–H groups in total. The van der Waals surface area contributed by atoms with Gasteiger partial charge in [-0.2, -0.15) is 0 Å². The summed E-state index contributed by atoms with van der Waals surface area (Å²) in [5, 5.41) is 0. The summed E-state index contributed by atoms with van der Waals surface area (Å²) in [5.74, 6) is -0.839. The summed E-state index contributed by atoms with van der Waals surface area (Å²) in [4.78, 5) is 46.4. The third-order valence-corrected chi connectivity index (χ3v) is 4.58. The van der Waals surface area contributed by atoms with Crippen molar-refractivity contribution in [1.29, 1.82) is 0 Å². The molecule has 26 heavy (non-hydrogen) atoms. The van der Waals surface area contributed by atoms with E-state index in [0.717, 1.165) is 0 Å². The number of piperazine rings is 1. The average Bonchev–Trinajstić information content (AvgIpc) is 2.73. The molecule has 2 fully saturated rings. The highest BCUT2D eigenvalue weighted by atomic mass is 16.5. The van der Waals surface area contributed by atoms with Gasteiger partial charge in [0.25, 0.3) is 5.91 Å². The molecule has 0 spiro atoms. The number of ether oxygens (including phenoxy) is 2. The first kappa shape index (κ1) is 18.1. The van der Waals surface area contributed by atoms with E-state index in [-0.39, 0.29) is 25.0 Å². The second-order valence-electron chi connectivity index (χ2n) is 6.11. The van der Waals surface area contributed by atoms with E-state index in [1.807, 2.05) is 0 Å². The summed E-state index contributed by atoms with van der Waals surface area (Å²) >= 11 is 0. The largest absolute Gasteiger partial charge is 0.467 e. The Morgan fingerprint density at radius 2 is 1.92 bits per heavy atom. The van der Waals surface area contributed by atoms with Gasteiger partial charge >= 0.3 is 12.0 Å². The number of amides is 3. The van der Waals surface area contributed by atoms with E-state index in [0.29, 0.717) is 38.4 Å². The predicted molar refractivity (Wildman–Crippen MR) is 90.4 cm³/mol. The van der Waals surface area contributed by atoms with Crippen molar-refractivity contribution in [2.24, 2.45) is 0 Å². The average molecular weight is 362 g/mol. The molecule has 1 aromatic heterocycles. The molecule has 3 heterocycles. The summed E-state index contributed by atoms with van der Waals surface area (Å²) < 4.78 is 10.1. The highest BCUT2D eigenvalue weighted by Crippen LogP contribution is 2.17. The lowest BCUT2D eigenvalue weighted by Gasteiger charge is -2.42. The van der Waals surface area contributed by atoms with Crippen molar-refractivity contribution in [2.75, 3.05) is 53.0 Å². The minimum Gasteiger partial charge on any atom is -0.467 e. The van der Waals surface area contributed by atoms with E-state index >= 15 is 0 Å². The summed E-state index contributed by atoms with van der Waals surface area (Å²) in [7, 11) is 1.28. The molecule has 1 atom stereocenters. The molecule has 0 aliphatic carbocycles. The quantitative estimate of drug-likeness (QED) is 0.679. The third-order valence-electron chi connectivity index (χ3n) is 4.58. The predicted octanol–water partition coefficient (Wildman–Crippen LogP) is -0.167. The molecule has 1 aromatic rings. The van der Waals surface area contributed by atoms with Crippen molar-refractivity contribution in [3.8, 4) is 0 Å². The first-order valence-electron chi connectivity index (χ1n) is 8.52. The van der Waals surface area contributed by atoms with Gasteiger partial charge in [0.15, 0.2) is 0 Å². The van der Waals surface area contributed by atoms with Gasteiger partial charge in [0.2, 0.25) is 0 Å². The van der Waals surface area contributed by atoms with Gasteiger partial charge in [-0.3, -0.25) is 9.78 Å². The summed E-state index contributed by atoms with van der Waals surface area (Å²) in [6, 6.07) is 2.33. The topological polar surface area (TPSA) is 92.3 Å². The molecule has 2 saturated heterocycles. The van der Waals surface area contributed by atoms with Crippen LogP contribution >= 0.6 is 0 Å². The van der Waals surface area contributed by atoms with E-state index < -0.39 is 12.0 Å². The molecule has 9 nitrogen and oxygen atoms in total. The van der Waals surface area contributed by atoms with Crippen LogP contribution < -0.4 is 0 Å². The second-order valence-corrected chi connectivity index (χ2v) is 6.11. The number of esters is 1. The van der Waals surface area contributed by atoms with Crippen molar-refractivity contribution in [2.45, 2.75) is 6.04 Å². The minimum absolute atomic E-state index is 0.106. The van der Waals surface area contributed by atoms with Crippen molar-refractivity contribution >= 4 is 17.9 Å². The lowest BCUT2D eigenvalue weighted by Crippen LogP contribution is -2.62. The van der Waals surface area contributed by atoms with Crippen LogP contribution in [0.2, 0.25) is 0 Å². The van der Waals surface area contributed by atoms with Crippen LogP contribution in [0.1, 0.15) is 10.4 Å². The molecular formula is C17H22N4O5. The highest BCUT2D eigenvalue weighted by molar-refractivity contribution is 5.97. The maximum atomic E-state index is 12.8. The molecule has 140 valence electrons. The number of rotatable bonds is 2. The van der Waals surface area contributed by atoms with Gasteiger partial charge in [-0.05, 0) is 12.1 Å². The SMILES string of the molecule is COC(=O)[C@@H]1CN(C(=O)N2CCOCC2)CCN1C(=O)c1cccnc1. The van der Waals surface area contributed by atoms with Crippen LogP contribution in [0.4, 0.5) is 4.79 Å². The minimum atomic E-state index is -0.841. The normalized spacial score (nSPS) is 20.7. The van der Waals surface area contributed by atoms with Crippen molar-refractivity contribution in [3.63, 3.8) is 0 Å². The van der Waals surface area contributed by atoms with Crippen molar-refractivity contribution in [3.05, 3.63) is 30.1 Å². The zero-order valence-corrected chi connectivity index (χ0v) is 14.7. The number of carbonyl (C=O) groups excluding carboxylic acids is 3. The smallest absolute Gasteiger partial charge is 0.330 e. The number of hydrogen-bond acceptors (Lipinski definition) is 6. The molecule has 0 bridgehead atoms. The van der Waals surface area contributed by atoms with Crippen LogP contribution in [0.15, 0.2) is 24.5 Å². The standard InChI is InChI=1S/C17H22N4O5/c1-25-16(23)14-12-20(17(24)19-7-9-26-10-8-19)5-6-21(14)15(22)13-3-2-4-18-11-13/h2-4,11,14H,5-10,12H2,1H3/t14-/m0/s1. The number of hydrogen-bond donors (Lipinski definition) is 0. The molecule has 2 aliphatic rings. The Kier molecular flexibility index (Phi) is 5.67. The maximum absolute atomic E-state index is 12.8. The molecular weight excluding hydrogens is 340 g/mol. The molecule has 0 aromatic carbocycles. The fourth-order valence-corrected chi connectivity index (χ4v) is 3.15. The Labute approximate surface area is 151 Å². The first-order chi connectivity index (χ1) is 12.6. The monoisotopic (exact) mass is 362 g/mol. The zero-order valence-electron chi connectivity index (χ0n) is 14.7. The number of aromatic nitrogens is 1. The number of urea groups is 1. The summed E-state index contributed by atoms with van der Waals surface area (Å²) in [6.07, 6.45) is 3.04. The summed E-state index contributed by atoms with van der Waals surface area (Å²) in [6.45, 7) is 2.78. The Bertz CT molecular complexity index is 662. The Hall–Kier alpha value is -2.68. The van der Waals surface area contributed by atoms with Gasteiger partial charge in [-0.15, -0.1) is 0 Å². The first-order valence-corrected chi connectivity index (χ1v) is 8.52. The van der Waals surface area contributed by atoms with Gasteiger partial charge in [0.05, 0.1) is 32.4 Å². The maximum Gasteiger partial charge on any atom is 0.330 e. The highest BCUT2D eigenvalue weighted by Gasteiger charge is 2.39. The van der Waals surface area contributed by atoms with Gasteiger partial charge < -0.3 is 24.2 Å². The van der Waals surface area contributed by atoms with Gasteiger partial charge in [-0.1, -0.05) is 0 Å². The van der Waals surface area contributed by atoms with Gasteiger partial charge in [0.1, 0.15) is 6.04 Å². The Morgan fingerprint density at radius 3 is 2.58 bits per heavy atom. The van der Waals surface area contributed by atoms with Crippen LogP contribution in [0.5, 0.6) is 0 Å². The lowest BCUT2D eigenvalue weighted by atomic mass is 10.1. The number of carbonyl (C=O) groups is 3. The fourth-order valence-electron chi connectivity index (χ4n) is 3.15. The Morgan fingerprint density at radius 1 is 1.15 bits per heavy atom. The van der Waals surface area contributed by atoms with Crippen LogP contribution in [0.25, 0.3) is 0 Å². The van der Waals surface area contributed by atoms with Crippen LogP contribution in [-0.4, -0.2) is 96.7 Å². The van der Waals surface area contributed by atoms with E-state index in [9.17, 15) is 14.4 Å². The van der Waals surface area contributed by atoms with Crippen LogP contribution in [-0.2, 0) is 14.3 Å². The molecule has 0 saturated carbocycles. The molecule has 0 unspecified atom stereocenters. The lowest BCUT2D eigenvalue weighted by molar-refractivity contribution is -0.147. The second kappa shape index (κ2) is 8.13. The molecule has 2 aliphatic heterocycles. The van der Waals surface area contributed by atoms with E-state index in [2.05, 4.69) is 4.98 Å². The van der Waals surface area contributed by atoms with Gasteiger partial charge in [0, 0.05) is 38.6 Å². The Balaban J connectivity index is 1.74. The number of pyridine rings is 1. The van der Waals surface area contributed by atoms with E-state index in [1.165, 1.54) is 18.2 Å². The molecule has 0 radical (unpaired) electrons. The summed E-state index contributed by atoms with van der Waals surface area (Å²) in [5.41, 5.74) is 0.398. The number of nitrogens with zero attached hydrogens (tertiary/aromatic N) is 4. The van der Waals surface area contributed by atoms with E-state index in [1.54, 1.807) is 28.1 Å². The third kappa shape index (κ3) is 3.77. The van der Waals surface area contributed by atoms with Crippen LogP contribution in [0.3, 0.4) is 0 Å². The van der Waals surface area contributed by atoms with E-state index in [4.69, 9.17) is 9.47 Å². The van der Waals surface area contributed by atoms with Crippen molar-refractivity contribution < 1.29 is 23.9 Å². The molecule has 3 amide bonds. The van der Waals surface area contributed by atoms with Crippen LogP contribution in [0, 0.1) is 0 Å². The molecule has 3 rings (SSSR count). The number of methoxy groups -OCH3 is 1. The molecule has 9 heteroatoms.